The monoisotopic (exact) mass is 579 g/mol. The van der Waals surface area contributed by atoms with Crippen molar-refractivity contribution in [1.82, 2.24) is 4.90 Å². The molecule has 7 nitrogen and oxygen atoms in total. The number of aliphatic hydroxyl groups is 1. The van der Waals surface area contributed by atoms with Crippen molar-refractivity contribution in [1.29, 1.82) is 0 Å². The number of carbonyl (C=O) groups is 2. The molecule has 1 fully saturated rings. The first kappa shape index (κ1) is 26.3. The van der Waals surface area contributed by atoms with Crippen molar-refractivity contribution >= 4 is 27.6 Å². The Labute approximate surface area is 230 Å². The molecule has 3 aromatic carbocycles. The van der Waals surface area contributed by atoms with Crippen molar-refractivity contribution in [3.05, 3.63) is 87.9 Å². The summed E-state index contributed by atoms with van der Waals surface area (Å²) >= 11 is 3.48. The van der Waals surface area contributed by atoms with Crippen LogP contribution in [0.15, 0.2) is 71.2 Å². The molecule has 0 aromatic heterocycles. The van der Waals surface area contributed by atoms with E-state index in [0.29, 0.717) is 30.1 Å². The summed E-state index contributed by atoms with van der Waals surface area (Å²) in [4.78, 5) is 29.6. The lowest BCUT2D eigenvalue weighted by Gasteiger charge is -2.39. The third-order valence-corrected chi connectivity index (χ3v) is 7.90. The summed E-state index contributed by atoms with van der Waals surface area (Å²) in [7, 11) is 3.22. The standard InChI is InChI=1S/C30H30BrNO6/c1-5-36-21-16-22(37-6-2)26-23(17-21)38-30(19-12-14-20(31)15-13-19)25(18-10-8-7-9-11-18)24(28(34)32(3)4)27(33)29(26,30)35/h7-17,24-25,35H,5-6H2,1-4H3/t24-,25-,29+,30+/m1/s1. The fourth-order valence-electron chi connectivity index (χ4n) is 5.93. The van der Waals surface area contributed by atoms with Gasteiger partial charge in [-0.15, -0.1) is 0 Å². The fraction of sp³-hybridized carbons (Fsp3) is 0.333. The molecule has 3 aromatic rings. The lowest BCUT2D eigenvalue weighted by Crippen LogP contribution is -2.50. The number of amides is 1. The number of Topliss-reactive ketones (excluding diaryl/α,β-unsaturated/α-hetero) is 1. The summed E-state index contributed by atoms with van der Waals surface area (Å²) in [5, 5.41) is 12.8. The molecule has 1 saturated carbocycles. The second-order valence-electron chi connectivity index (χ2n) is 9.68. The van der Waals surface area contributed by atoms with Gasteiger partial charge in [0, 0.05) is 30.7 Å². The van der Waals surface area contributed by atoms with Gasteiger partial charge in [-0.1, -0.05) is 58.4 Å². The van der Waals surface area contributed by atoms with Gasteiger partial charge in [-0.25, -0.2) is 0 Å². The Kier molecular flexibility index (Phi) is 6.73. The maximum atomic E-state index is 14.5. The third kappa shape index (κ3) is 3.65. The minimum atomic E-state index is -2.22. The van der Waals surface area contributed by atoms with E-state index in [9.17, 15) is 14.7 Å². The lowest BCUT2D eigenvalue weighted by molar-refractivity contribution is -0.153. The highest BCUT2D eigenvalue weighted by molar-refractivity contribution is 9.10. The van der Waals surface area contributed by atoms with E-state index in [2.05, 4.69) is 15.9 Å². The fourth-order valence-corrected chi connectivity index (χ4v) is 6.19. The number of ether oxygens (including phenoxy) is 3. The van der Waals surface area contributed by atoms with Crippen LogP contribution in [-0.2, 0) is 20.8 Å². The van der Waals surface area contributed by atoms with E-state index < -0.39 is 34.7 Å². The van der Waals surface area contributed by atoms with E-state index in [1.807, 2.05) is 68.4 Å². The van der Waals surface area contributed by atoms with Gasteiger partial charge in [0.05, 0.1) is 24.7 Å². The number of rotatable bonds is 7. The van der Waals surface area contributed by atoms with E-state index >= 15 is 0 Å². The highest BCUT2D eigenvalue weighted by Crippen LogP contribution is 2.69. The number of ketones is 1. The second kappa shape index (κ2) is 9.75. The zero-order valence-electron chi connectivity index (χ0n) is 21.7. The molecule has 8 heteroatoms. The van der Waals surface area contributed by atoms with Gasteiger partial charge in [0.2, 0.25) is 11.5 Å². The predicted molar refractivity (Wildman–Crippen MR) is 145 cm³/mol. The predicted octanol–water partition coefficient (Wildman–Crippen LogP) is 4.79. The van der Waals surface area contributed by atoms with E-state index in [-0.39, 0.29) is 17.1 Å². The Balaban J connectivity index is 1.89. The first-order valence-corrected chi connectivity index (χ1v) is 13.4. The largest absolute Gasteiger partial charge is 0.494 e. The second-order valence-corrected chi connectivity index (χ2v) is 10.6. The van der Waals surface area contributed by atoms with E-state index in [0.717, 1.165) is 4.47 Å². The normalized spacial score (nSPS) is 25.4. The number of halogens is 1. The Bertz CT molecular complexity index is 1380. The summed E-state index contributed by atoms with van der Waals surface area (Å²) in [6.07, 6.45) is 0. The van der Waals surface area contributed by atoms with Crippen molar-refractivity contribution in [3.8, 4) is 17.2 Å². The minimum absolute atomic E-state index is 0.214. The van der Waals surface area contributed by atoms with Gasteiger partial charge in [-0.2, -0.15) is 0 Å². The Morgan fingerprint density at radius 2 is 1.68 bits per heavy atom. The van der Waals surface area contributed by atoms with Crippen LogP contribution in [-0.4, -0.2) is 49.0 Å². The van der Waals surface area contributed by atoms with E-state index in [1.165, 1.54) is 4.90 Å². The SMILES string of the molecule is CCOc1cc(OCC)c2c(c1)O[C@@]1(c3ccc(Br)cc3)[C@H](c3ccccc3)[C@@H](C(=O)N(C)C)C(=O)[C@@]21O. The summed E-state index contributed by atoms with van der Waals surface area (Å²) in [6, 6.07) is 19.9. The molecule has 0 saturated heterocycles. The number of benzene rings is 3. The van der Waals surface area contributed by atoms with Gasteiger partial charge in [0.25, 0.3) is 0 Å². The van der Waals surface area contributed by atoms with Crippen molar-refractivity contribution in [2.75, 3.05) is 27.3 Å². The van der Waals surface area contributed by atoms with Gasteiger partial charge in [-0.3, -0.25) is 9.59 Å². The summed E-state index contributed by atoms with van der Waals surface area (Å²) < 4.78 is 19.4. The first-order chi connectivity index (χ1) is 18.2. The topological polar surface area (TPSA) is 85.3 Å². The van der Waals surface area contributed by atoms with Crippen LogP contribution in [0.3, 0.4) is 0 Å². The molecule has 1 aliphatic heterocycles. The molecule has 38 heavy (non-hydrogen) atoms. The highest BCUT2D eigenvalue weighted by atomic mass is 79.9. The average molecular weight is 580 g/mol. The molecule has 0 bridgehead atoms. The molecule has 2 aliphatic rings. The average Bonchev–Trinajstić information content (AvgIpc) is 3.27. The molecule has 4 atom stereocenters. The van der Waals surface area contributed by atoms with Crippen molar-refractivity contribution in [3.63, 3.8) is 0 Å². The third-order valence-electron chi connectivity index (χ3n) is 7.37. The van der Waals surface area contributed by atoms with Gasteiger partial charge < -0.3 is 24.2 Å². The zero-order chi connectivity index (χ0) is 27.2. The molecule has 0 spiro atoms. The smallest absolute Gasteiger partial charge is 0.233 e. The lowest BCUT2D eigenvalue weighted by atomic mass is 9.70. The molecule has 1 amide bonds. The Morgan fingerprint density at radius 1 is 1.03 bits per heavy atom. The molecular weight excluding hydrogens is 550 g/mol. The number of hydrogen-bond acceptors (Lipinski definition) is 6. The van der Waals surface area contributed by atoms with Crippen LogP contribution in [0, 0.1) is 5.92 Å². The van der Waals surface area contributed by atoms with Crippen molar-refractivity contribution in [2.24, 2.45) is 5.92 Å². The van der Waals surface area contributed by atoms with Gasteiger partial charge >= 0.3 is 0 Å². The van der Waals surface area contributed by atoms with Crippen molar-refractivity contribution < 1.29 is 28.9 Å². The minimum Gasteiger partial charge on any atom is -0.494 e. The highest BCUT2D eigenvalue weighted by Gasteiger charge is 2.78. The van der Waals surface area contributed by atoms with Gasteiger partial charge in [0.1, 0.15) is 23.2 Å². The molecule has 5 rings (SSSR count). The quantitative estimate of drug-likeness (QED) is 0.405. The summed E-state index contributed by atoms with van der Waals surface area (Å²) in [6.45, 7) is 4.40. The van der Waals surface area contributed by atoms with Gasteiger partial charge in [0.15, 0.2) is 11.4 Å². The van der Waals surface area contributed by atoms with Crippen molar-refractivity contribution in [2.45, 2.75) is 31.0 Å². The van der Waals surface area contributed by atoms with Crippen LogP contribution in [0.25, 0.3) is 0 Å². The Hall–Kier alpha value is -3.36. The van der Waals surface area contributed by atoms with Crippen LogP contribution in [0.5, 0.6) is 17.2 Å². The molecule has 0 unspecified atom stereocenters. The molecule has 1 heterocycles. The summed E-state index contributed by atoms with van der Waals surface area (Å²) in [5.41, 5.74) is -2.39. The maximum Gasteiger partial charge on any atom is 0.233 e. The number of carbonyl (C=O) groups excluding carboxylic acids is 2. The van der Waals surface area contributed by atoms with Crippen LogP contribution >= 0.6 is 15.9 Å². The molecule has 0 radical (unpaired) electrons. The molecule has 1 N–H and O–H groups in total. The molecular formula is C30H30BrNO6. The Morgan fingerprint density at radius 3 is 2.29 bits per heavy atom. The van der Waals surface area contributed by atoms with Gasteiger partial charge in [-0.05, 0) is 37.1 Å². The number of nitrogens with zero attached hydrogens (tertiary/aromatic N) is 1. The molecule has 1 aliphatic carbocycles. The number of fused-ring (bicyclic) bond motifs is 3. The number of hydrogen-bond donors (Lipinski definition) is 1. The van der Waals surface area contributed by atoms with Crippen LogP contribution in [0.2, 0.25) is 0 Å². The van der Waals surface area contributed by atoms with Crippen LogP contribution in [0.1, 0.15) is 36.5 Å². The maximum absolute atomic E-state index is 14.5. The first-order valence-electron chi connectivity index (χ1n) is 12.6. The zero-order valence-corrected chi connectivity index (χ0v) is 23.3. The van der Waals surface area contributed by atoms with E-state index in [1.54, 1.807) is 26.2 Å². The summed E-state index contributed by atoms with van der Waals surface area (Å²) in [5.74, 6) is -2.00. The van der Waals surface area contributed by atoms with Crippen LogP contribution in [0.4, 0.5) is 0 Å². The van der Waals surface area contributed by atoms with E-state index in [4.69, 9.17) is 14.2 Å². The molecule has 198 valence electrons. The van der Waals surface area contributed by atoms with Crippen LogP contribution < -0.4 is 14.2 Å².